The van der Waals surface area contributed by atoms with Crippen LogP contribution in [0, 0.1) is 5.92 Å². The molecule has 1 aromatic carbocycles. The Balaban J connectivity index is 2.00. The van der Waals surface area contributed by atoms with Crippen LogP contribution in [0.15, 0.2) is 18.2 Å². The maximum Gasteiger partial charge on any atom is 0.266 e. The van der Waals surface area contributed by atoms with Crippen molar-refractivity contribution in [2.45, 2.75) is 13.3 Å². The highest BCUT2D eigenvalue weighted by Gasteiger charge is 2.27. The molecule has 19 heavy (non-hydrogen) atoms. The number of hydrogen-bond donors (Lipinski definition) is 1. The monoisotopic (exact) mass is 294 g/mol. The first-order valence-corrected chi connectivity index (χ1v) is 7.52. The Bertz CT molecular complexity index is 652. The SMILES string of the molecule is CC1CCN(C(=O)c2sc3cc(Cl)ccc3c2N)C1. The predicted octanol–water partition coefficient (Wildman–Crippen LogP) is 3.62. The van der Waals surface area contributed by atoms with Crippen LogP contribution in [-0.2, 0) is 0 Å². The molecule has 0 aliphatic carbocycles. The Hall–Kier alpha value is -1.26. The summed E-state index contributed by atoms with van der Waals surface area (Å²) in [5, 5.41) is 1.59. The van der Waals surface area contributed by atoms with E-state index in [2.05, 4.69) is 6.92 Å². The molecule has 1 aromatic heterocycles. The van der Waals surface area contributed by atoms with Crippen LogP contribution in [0.25, 0.3) is 10.1 Å². The van der Waals surface area contributed by atoms with E-state index >= 15 is 0 Å². The van der Waals surface area contributed by atoms with Crippen LogP contribution < -0.4 is 5.73 Å². The molecule has 0 bridgehead atoms. The van der Waals surface area contributed by atoms with E-state index in [1.54, 1.807) is 6.07 Å². The zero-order chi connectivity index (χ0) is 13.6. The molecule has 1 amide bonds. The fraction of sp³-hybridized carbons (Fsp3) is 0.357. The van der Waals surface area contributed by atoms with Gasteiger partial charge in [0, 0.05) is 28.2 Å². The molecule has 2 heterocycles. The maximum absolute atomic E-state index is 12.5. The van der Waals surface area contributed by atoms with E-state index in [-0.39, 0.29) is 5.91 Å². The van der Waals surface area contributed by atoms with E-state index in [1.165, 1.54) is 11.3 Å². The summed E-state index contributed by atoms with van der Waals surface area (Å²) < 4.78 is 0.973. The molecule has 2 N–H and O–H groups in total. The first-order valence-electron chi connectivity index (χ1n) is 6.33. The van der Waals surface area contributed by atoms with Gasteiger partial charge in [0.2, 0.25) is 0 Å². The summed E-state index contributed by atoms with van der Waals surface area (Å²) >= 11 is 7.41. The quantitative estimate of drug-likeness (QED) is 0.873. The van der Waals surface area contributed by atoms with Gasteiger partial charge in [-0.25, -0.2) is 0 Å². The molecule has 3 nitrogen and oxygen atoms in total. The topological polar surface area (TPSA) is 46.3 Å². The summed E-state index contributed by atoms with van der Waals surface area (Å²) in [6, 6.07) is 5.55. The first kappa shape index (κ1) is 12.8. The van der Waals surface area contributed by atoms with Crippen LogP contribution in [0.2, 0.25) is 5.02 Å². The number of benzene rings is 1. The molecule has 1 aliphatic heterocycles. The second kappa shape index (κ2) is 4.69. The average Bonchev–Trinajstić information content (AvgIpc) is 2.93. The van der Waals surface area contributed by atoms with Gasteiger partial charge in [-0.2, -0.15) is 0 Å². The van der Waals surface area contributed by atoms with Gasteiger partial charge in [0.1, 0.15) is 4.88 Å². The van der Waals surface area contributed by atoms with Crippen molar-refractivity contribution >= 4 is 44.6 Å². The van der Waals surface area contributed by atoms with Crippen molar-refractivity contribution in [3.05, 3.63) is 28.1 Å². The molecule has 0 radical (unpaired) electrons. The van der Waals surface area contributed by atoms with Crippen molar-refractivity contribution in [1.29, 1.82) is 0 Å². The Morgan fingerprint density at radius 1 is 1.53 bits per heavy atom. The molecule has 1 saturated heterocycles. The number of nitrogen functional groups attached to an aromatic ring is 1. The minimum absolute atomic E-state index is 0.0548. The maximum atomic E-state index is 12.5. The highest BCUT2D eigenvalue weighted by atomic mass is 35.5. The Kier molecular flexibility index (Phi) is 3.15. The fourth-order valence-electron chi connectivity index (χ4n) is 2.51. The average molecular weight is 295 g/mol. The van der Waals surface area contributed by atoms with Crippen LogP contribution in [-0.4, -0.2) is 23.9 Å². The summed E-state index contributed by atoms with van der Waals surface area (Å²) in [4.78, 5) is 15.0. The summed E-state index contributed by atoms with van der Waals surface area (Å²) in [6.45, 7) is 3.82. The van der Waals surface area contributed by atoms with Crippen LogP contribution >= 0.6 is 22.9 Å². The van der Waals surface area contributed by atoms with Gasteiger partial charge in [0.25, 0.3) is 5.91 Å². The molecule has 3 rings (SSSR count). The van der Waals surface area contributed by atoms with E-state index in [1.807, 2.05) is 17.0 Å². The van der Waals surface area contributed by atoms with Crippen LogP contribution in [0.3, 0.4) is 0 Å². The Morgan fingerprint density at radius 3 is 3.00 bits per heavy atom. The van der Waals surface area contributed by atoms with Gasteiger partial charge in [-0.15, -0.1) is 11.3 Å². The van der Waals surface area contributed by atoms with E-state index in [9.17, 15) is 4.79 Å². The second-order valence-electron chi connectivity index (χ2n) is 5.13. The number of thiophene rings is 1. The van der Waals surface area contributed by atoms with E-state index in [0.29, 0.717) is 21.5 Å². The number of carbonyl (C=O) groups is 1. The molecule has 1 atom stereocenters. The molecule has 5 heteroatoms. The lowest BCUT2D eigenvalue weighted by Gasteiger charge is -2.14. The third-order valence-corrected chi connectivity index (χ3v) is 4.99. The summed E-state index contributed by atoms with van der Waals surface area (Å²) in [7, 11) is 0. The zero-order valence-corrected chi connectivity index (χ0v) is 12.2. The van der Waals surface area contributed by atoms with Crippen molar-refractivity contribution in [1.82, 2.24) is 4.90 Å². The van der Waals surface area contributed by atoms with Gasteiger partial charge >= 0.3 is 0 Å². The van der Waals surface area contributed by atoms with Crippen molar-refractivity contribution in [3.63, 3.8) is 0 Å². The van der Waals surface area contributed by atoms with Gasteiger partial charge in [-0.1, -0.05) is 18.5 Å². The van der Waals surface area contributed by atoms with Gasteiger partial charge < -0.3 is 10.6 Å². The standard InChI is InChI=1S/C14H15ClN2OS/c1-8-4-5-17(7-8)14(18)13-12(16)10-3-2-9(15)6-11(10)19-13/h2-3,6,8H,4-5,7,16H2,1H3. The normalized spacial score (nSPS) is 19.3. The lowest BCUT2D eigenvalue weighted by Crippen LogP contribution is -2.28. The van der Waals surface area contributed by atoms with Crippen LogP contribution in [0.1, 0.15) is 23.0 Å². The number of halogens is 1. The summed E-state index contributed by atoms with van der Waals surface area (Å²) in [6.07, 6.45) is 1.07. The number of nitrogens with two attached hydrogens (primary N) is 1. The first-order chi connectivity index (χ1) is 9.06. The van der Waals surface area contributed by atoms with Crippen molar-refractivity contribution in [2.75, 3.05) is 18.8 Å². The van der Waals surface area contributed by atoms with E-state index in [0.717, 1.165) is 29.6 Å². The molecule has 0 saturated carbocycles. The molecule has 1 aliphatic rings. The molecule has 0 spiro atoms. The number of fused-ring (bicyclic) bond motifs is 1. The van der Waals surface area contributed by atoms with Gasteiger partial charge in [0.05, 0.1) is 5.69 Å². The number of anilines is 1. The number of amides is 1. The number of likely N-dealkylation sites (tertiary alicyclic amines) is 1. The molecule has 1 unspecified atom stereocenters. The lowest BCUT2D eigenvalue weighted by molar-refractivity contribution is 0.0794. The highest BCUT2D eigenvalue weighted by Crippen LogP contribution is 2.36. The highest BCUT2D eigenvalue weighted by molar-refractivity contribution is 7.21. The minimum atomic E-state index is 0.0548. The van der Waals surface area contributed by atoms with Crippen LogP contribution in [0.4, 0.5) is 5.69 Å². The van der Waals surface area contributed by atoms with Crippen molar-refractivity contribution in [3.8, 4) is 0 Å². The molecule has 100 valence electrons. The fourth-order valence-corrected chi connectivity index (χ4v) is 3.88. The van der Waals surface area contributed by atoms with Crippen LogP contribution in [0.5, 0.6) is 0 Å². The van der Waals surface area contributed by atoms with E-state index in [4.69, 9.17) is 17.3 Å². The summed E-state index contributed by atoms with van der Waals surface area (Å²) in [5.74, 6) is 0.633. The Morgan fingerprint density at radius 2 is 2.32 bits per heavy atom. The second-order valence-corrected chi connectivity index (χ2v) is 6.62. The van der Waals surface area contributed by atoms with Gasteiger partial charge in [0.15, 0.2) is 0 Å². The van der Waals surface area contributed by atoms with Crippen molar-refractivity contribution < 1.29 is 4.79 Å². The third-order valence-electron chi connectivity index (χ3n) is 3.60. The molecular formula is C14H15ClN2OS. The smallest absolute Gasteiger partial charge is 0.266 e. The zero-order valence-electron chi connectivity index (χ0n) is 10.6. The number of carbonyl (C=O) groups excluding carboxylic acids is 1. The lowest BCUT2D eigenvalue weighted by atomic mass is 10.2. The van der Waals surface area contributed by atoms with E-state index < -0.39 is 0 Å². The molecular weight excluding hydrogens is 280 g/mol. The minimum Gasteiger partial charge on any atom is -0.397 e. The Labute approximate surface area is 121 Å². The molecule has 2 aromatic rings. The third kappa shape index (κ3) is 2.19. The largest absolute Gasteiger partial charge is 0.397 e. The number of hydrogen-bond acceptors (Lipinski definition) is 3. The number of rotatable bonds is 1. The molecule has 1 fully saturated rings. The van der Waals surface area contributed by atoms with Gasteiger partial charge in [-0.05, 0) is 30.5 Å². The summed E-state index contributed by atoms with van der Waals surface area (Å²) in [5.41, 5.74) is 6.70. The predicted molar refractivity (Wildman–Crippen MR) is 80.9 cm³/mol. The van der Waals surface area contributed by atoms with Crippen molar-refractivity contribution in [2.24, 2.45) is 5.92 Å². The van der Waals surface area contributed by atoms with Gasteiger partial charge in [-0.3, -0.25) is 4.79 Å². The number of nitrogens with zero attached hydrogens (tertiary/aromatic N) is 1.